The van der Waals surface area contributed by atoms with Gasteiger partial charge < -0.3 is 18.8 Å². The van der Waals surface area contributed by atoms with Crippen LogP contribution in [0.2, 0.25) is 0 Å². The van der Waals surface area contributed by atoms with Crippen LogP contribution in [0.25, 0.3) is 0 Å². The third-order valence-corrected chi connectivity index (χ3v) is 4.23. The van der Waals surface area contributed by atoms with E-state index < -0.39 is 0 Å². The van der Waals surface area contributed by atoms with Gasteiger partial charge in [0, 0.05) is 25.5 Å². The summed E-state index contributed by atoms with van der Waals surface area (Å²) in [7, 11) is 0. The number of unbranched alkanes of at least 4 members (excludes halogenated alkanes) is 3. The zero-order chi connectivity index (χ0) is 19.9. The topological polar surface area (TPSA) is 66.8 Å². The van der Waals surface area contributed by atoms with Crippen LogP contribution >= 0.6 is 0 Å². The van der Waals surface area contributed by atoms with Crippen molar-refractivity contribution >= 4 is 6.29 Å². The fourth-order valence-corrected chi connectivity index (χ4v) is 2.54. The van der Waals surface area contributed by atoms with Crippen LogP contribution in [0.4, 0.5) is 0 Å². The maximum absolute atomic E-state index is 12.1. The van der Waals surface area contributed by atoms with Crippen LogP contribution in [-0.2, 0) is 16.0 Å². The van der Waals surface area contributed by atoms with E-state index in [1.807, 2.05) is 6.92 Å². The van der Waals surface area contributed by atoms with E-state index in [1.165, 1.54) is 6.07 Å². The SMILES string of the molecule is CCCCOCC(Cn1ccc(=O)c(OCCCC)c1C=O)OCCCC. The van der Waals surface area contributed by atoms with Gasteiger partial charge in [-0.05, 0) is 19.3 Å². The third-order valence-electron chi connectivity index (χ3n) is 4.23. The zero-order valence-corrected chi connectivity index (χ0v) is 17.1. The second-order valence-electron chi connectivity index (χ2n) is 6.64. The van der Waals surface area contributed by atoms with Crippen molar-refractivity contribution in [3.05, 3.63) is 28.2 Å². The van der Waals surface area contributed by atoms with Crippen LogP contribution in [-0.4, -0.2) is 43.4 Å². The van der Waals surface area contributed by atoms with Crippen molar-refractivity contribution < 1.29 is 19.0 Å². The van der Waals surface area contributed by atoms with Gasteiger partial charge in [0.15, 0.2) is 12.0 Å². The average Bonchev–Trinajstić information content (AvgIpc) is 2.67. The highest BCUT2D eigenvalue weighted by Gasteiger charge is 2.17. The number of ether oxygens (including phenoxy) is 3. The molecular weight excluding hydrogens is 346 g/mol. The fourth-order valence-electron chi connectivity index (χ4n) is 2.54. The first kappa shape index (κ1) is 23.4. The summed E-state index contributed by atoms with van der Waals surface area (Å²) in [5.41, 5.74) is -0.0108. The number of hydrogen-bond donors (Lipinski definition) is 0. The van der Waals surface area contributed by atoms with E-state index in [4.69, 9.17) is 14.2 Å². The zero-order valence-electron chi connectivity index (χ0n) is 17.1. The second-order valence-corrected chi connectivity index (χ2v) is 6.64. The Kier molecular flexibility index (Phi) is 12.5. The van der Waals surface area contributed by atoms with Gasteiger partial charge in [0.2, 0.25) is 5.43 Å². The van der Waals surface area contributed by atoms with Crippen molar-refractivity contribution in [2.24, 2.45) is 0 Å². The predicted octanol–water partition coefficient (Wildman–Crippen LogP) is 3.84. The molecule has 1 rings (SSSR count). The number of aromatic nitrogens is 1. The van der Waals surface area contributed by atoms with Crippen LogP contribution in [0.5, 0.6) is 5.75 Å². The quantitative estimate of drug-likeness (QED) is 0.321. The van der Waals surface area contributed by atoms with Crippen molar-refractivity contribution in [3.8, 4) is 5.75 Å². The number of aldehydes is 1. The molecular formula is C21H35NO5. The number of rotatable bonds is 16. The van der Waals surface area contributed by atoms with Crippen LogP contribution in [0.3, 0.4) is 0 Å². The van der Waals surface area contributed by atoms with Gasteiger partial charge in [-0.2, -0.15) is 0 Å². The average molecular weight is 382 g/mol. The normalized spacial score (nSPS) is 12.1. The fraction of sp³-hybridized carbons (Fsp3) is 0.714. The summed E-state index contributed by atoms with van der Waals surface area (Å²) in [5, 5.41) is 0. The first-order valence-corrected chi connectivity index (χ1v) is 10.2. The van der Waals surface area contributed by atoms with Crippen molar-refractivity contribution in [1.29, 1.82) is 0 Å². The summed E-state index contributed by atoms with van der Waals surface area (Å²) in [6.07, 6.45) is 8.03. The summed E-state index contributed by atoms with van der Waals surface area (Å²) in [4.78, 5) is 23.8. The molecule has 0 aromatic carbocycles. The Labute approximate surface area is 162 Å². The van der Waals surface area contributed by atoms with Crippen molar-refractivity contribution in [1.82, 2.24) is 4.57 Å². The predicted molar refractivity (Wildman–Crippen MR) is 107 cm³/mol. The Morgan fingerprint density at radius 3 is 2.37 bits per heavy atom. The van der Waals surface area contributed by atoms with E-state index in [2.05, 4.69) is 13.8 Å². The molecule has 0 aliphatic heterocycles. The van der Waals surface area contributed by atoms with Crippen LogP contribution < -0.4 is 10.2 Å². The molecule has 0 radical (unpaired) electrons. The summed E-state index contributed by atoms with van der Waals surface area (Å²) < 4.78 is 19.0. The largest absolute Gasteiger partial charge is 0.487 e. The highest BCUT2D eigenvalue weighted by atomic mass is 16.5. The lowest BCUT2D eigenvalue weighted by Gasteiger charge is -2.21. The minimum absolute atomic E-state index is 0.125. The number of carbonyl (C=O) groups excluding carboxylic acids is 1. The number of pyridine rings is 1. The van der Waals surface area contributed by atoms with Gasteiger partial charge in [-0.1, -0.05) is 40.0 Å². The molecule has 6 heteroatoms. The van der Waals surface area contributed by atoms with E-state index in [9.17, 15) is 9.59 Å². The molecule has 0 saturated carbocycles. The lowest BCUT2D eigenvalue weighted by Crippen LogP contribution is -2.29. The Morgan fingerprint density at radius 2 is 1.70 bits per heavy atom. The lowest BCUT2D eigenvalue weighted by molar-refractivity contribution is -0.0262. The minimum Gasteiger partial charge on any atom is -0.487 e. The van der Waals surface area contributed by atoms with Gasteiger partial charge in [-0.15, -0.1) is 0 Å². The van der Waals surface area contributed by atoms with Crippen molar-refractivity contribution in [3.63, 3.8) is 0 Å². The molecule has 1 unspecified atom stereocenters. The lowest BCUT2D eigenvalue weighted by atomic mass is 10.2. The van der Waals surface area contributed by atoms with E-state index in [0.717, 1.165) is 38.5 Å². The highest BCUT2D eigenvalue weighted by Crippen LogP contribution is 2.14. The molecule has 0 amide bonds. The number of hydrogen-bond acceptors (Lipinski definition) is 5. The van der Waals surface area contributed by atoms with Gasteiger partial charge in [0.25, 0.3) is 0 Å². The Hall–Kier alpha value is -1.66. The third kappa shape index (κ3) is 8.71. The second kappa shape index (κ2) is 14.4. The Balaban J connectivity index is 2.88. The van der Waals surface area contributed by atoms with Gasteiger partial charge in [-0.25, -0.2) is 0 Å². The van der Waals surface area contributed by atoms with E-state index in [-0.39, 0.29) is 23.0 Å². The molecule has 0 aliphatic rings. The molecule has 0 N–H and O–H groups in total. The van der Waals surface area contributed by atoms with E-state index in [1.54, 1.807) is 10.8 Å². The molecule has 6 nitrogen and oxygen atoms in total. The summed E-state index contributed by atoms with van der Waals surface area (Å²) in [6, 6.07) is 1.44. The number of nitrogens with zero attached hydrogens (tertiary/aromatic N) is 1. The molecule has 0 aliphatic carbocycles. The molecule has 27 heavy (non-hydrogen) atoms. The standard InChI is InChI=1S/C21H35NO5/c1-4-7-12-25-17-18(26-13-8-5-2)15-22-11-10-20(24)21(19(22)16-23)27-14-9-6-3/h10-11,16,18H,4-9,12-15,17H2,1-3H3. The van der Waals surface area contributed by atoms with E-state index in [0.29, 0.717) is 39.3 Å². The molecule has 154 valence electrons. The smallest absolute Gasteiger partial charge is 0.224 e. The number of carbonyl (C=O) groups is 1. The Bertz CT molecular complexity index is 584. The molecule has 0 bridgehead atoms. The van der Waals surface area contributed by atoms with Gasteiger partial charge in [-0.3, -0.25) is 9.59 Å². The maximum atomic E-state index is 12.1. The molecule has 1 aromatic rings. The monoisotopic (exact) mass is 381 g/mol. The molecule has 0 spiro atoms. The summed E-state index contributed by atoms with van der Waals surface area (Å²) in [5.74, 6) is 0.125. The Morgan fingerprint density at radius 1 is 1.04 bits per heavy atom. The minimum atomic E-state index is -0.271. The van der Waals surface area contributed by atoms with Gasteiger partial charge >= 0.3 is 0 Å². The van der Waals surface area contributed by atoms with Crippen LogP contribution in [0, 0.1) is 0 Å². The van der Waals surface area contributed by atoms with Crippen molar-refractivity contribution in [2.45, 2.75) is 71.9 Å². The first-order valence-electron chi connectivity index (χ1n) is 10.2. The molecule has 1 atom stereocenters. The van der Waals surface area contributed by atoms with Crippen LogP contribution in [0.1, 0.15) is 69.8 Å². The first-order chi connectivity index (χ1) is 13.2. The molecule has 0 fully saturated rings. The summed E-state index contributed by atoms with van der Waals surface area (Å²) in [6.45, 7) is 8.94. The van der Waals surface area contributed by atoms with E-state index >= 15 is 0 Å². The maximum Gasteiger partial charge on any atom is 0.224 e. The molecule has 1 aromatic heterocycles. The van der Waals surface area contributed by atoms with Crippen LogP contribution in [0.15, 0.2) is 17.1 Å². The highest BCUT2D eigenvalue weighted by molar-refractivity contribution is 5.76. The molecule has 1 heterocycles. The molecule has 0 saturated heterocycles. The van der Waals surface area contributed by atoms with Gasteiger partial charge in [0.1, 0.15) is 5.69 Å². The summed E-state index contributed by atoms with van der Waals surface area (Å²) >= 11 is 0. The van der Waals surface area contributed by atoms with Gasteiger partial charge in [0.05, 0.1) is 25.9 Å². The van der Waals surface area contributed by atoms with Crippen molar-refractivity contribution in [2.75, 3.05) is 26.4 Å².